The van der Waals surface area contributed by atoms with E-state index in [0.717, 1.165) is 36.3 Å². The van der Waals surface area contributed by atoms with Gasteiger partial charge >= 0.3 is 0 Å². The van der Waals surface area contributed by atoms with Crippen LogP contribution < -0.4 is 5.32 Å². The number of phenols is 1. The fraction of sp³-hybridized carbons (Fsp3) is 0.217. The van der Waals surface area contributed by atoms with E-state index in [1.54, 1.807) is 12.1 Å². The van der Waals surface area contributed by atoms with Gasteiger partial charge in [-0.1, -0.05) is 48.0 Å². The van der Waals surface area contributed by atoms with Crippen LogP contribution in [0.25, 0.3) is 16.8 Å². The zero-order chi connectivity index (χ0) is 20.2. The van der Waals surface area contributed by atoms with Crippen LogP contribution in [0, 0.1) is 6.92 Å². The molecule has 1 aromatic heterocycles. The number of thiazole rings is 1. The maximum absolute atomic E-state index is 12.4. The highest BCUT2D eigenvalue weighted by Crippen LogP contribution is 2.26. The number of hydrogen-bond acceptors (Lipinski definition) is 5. The summed E-state index contributed by atoms with van der Waals surface area (Å²) in [5.41, 5.74) is 5.52. The Morgan fingerprint density at radius 3 is 2.55 bits per heavy atom. The predicted octanol–water partition coefficient (Wildman–Crippen LogP) is 4.55. The Morgan fingerprint density at radius 2 is 1.86 bits per heavy atom. The average molecular weight is 406 g/mol. The largest absolute Gasteiger partial charge is 0.508 e. The molecule has 5 nitrogen and oxygen atoms in total. The number of nitrogens with one attached hydrogen (secondary N) is 1. The second kappa shape index (κ2) is 8.59. The summed E-state index contributed by atoms with van der Waals surface area (Å²) < 4.78 is 0. The molecule has 148 valence electrons. The highest BCUT2D eigenvalue weighted by molar-refractivity contribution is 7.14. The molecule has 0 atom stereocenters. The van der Waals surface area contributed by atoms with Gasteiger partial charge in [-0.25, -0.2) is 4.98 Å². The lowest BCUT2D eigenvalue weighted by Gasteiger charge is -2.25. The van der Waals surface area contributed by atoms with Gasteiger partial charge in [-0.2, -0.15) is 0 Å². The maximum Gasteiger partial charge on any atom is 0.240 e. The Hall–Kier alpha value is -2.96. The fourth-order valence-electron chi connectivity index (χ4n) is 3.34. The van der Waals surface area contributed by atoms with Crippen molar-refractivity contribution in [2.24, 2.45) is 0 Å². The van der Waals surface area contributed by atoms with E-state index < -0.39 is 0 Å². The van der Waals surface area contributed by atoms with Gasteiger partial charge in [0.25, 0.3) is 0 Å². The molecule has 0 fully saturated rings. The minimum absolute atomic E-state index is 0.0451. The molecule has 2 N–H and O–H groups in total. The molecule has 4 rings (SSSR count). The molecule has 3 aromatic rings. The van der Waals surface area contributed by atoms with Crippen molar-refractivity contribution in [1.82, 2.24) is 9.88 Å². The number of nitrogens with zero attached hydrogens (tertiary/aromatic N) is 2. The van der Waals surface area contributed by atoms with E-state index in [-0.39, 0.29) is 11.7 Å². The fourth-order valence-corrected chi connectivity index (χ4v) is 4.08. The lowest BCUT2D eigenvalue weighted by Crippen LogP contribution is -2.36. The van der Waals surface area contributed by atoms with Crippen molar-refractivity contribution < 1.29 is 9.90 Å². The second-order valence-corrected chi connectivity index (χ2v) is 8.07. The molecule has 1 aliphatic rings. The molecule has 0 aliphatic carbocycles. The topological polar surface area (TPSA) is 65.5 Å². The van der Waals surface area contributed by atoms with E-state index in [2.05, 4.69) is 40.3 Å². The van der Waals surface area contributed by atoms with Gasteiger partial charge in [0.1, 0.15) is 5.75 Å². The van der Waals surface area contributed by atoms with Crippen LogP contribution >= 0.6 is 11.3 Å². The number of benzene rings is 2. The number of amides is 1. The number of phenolic OH excluding ortho intramolecular Hbond substituents is 1. The van der Waals surface area contributed by atoms with Crippen molar-refractivity contribution in [1.29, 1.82) is 0 Å². The van der Waals surface area contributed by atoms with Gasteiger partial charge in [-0.15, -0.1) is 11.3 Å². The first-order chi connectivity index (χ1) is 14.1. The summed E-state index contributed by atoms with van der Waals surface area (Å²) in [6, 6.07) is 15.5. The van der Waals surface area contributed by atoms with E-state index in [1.807, 2.05) is 29.6 Å². The molecule has 0 spiro atoms. The van der Waals surface area contributed by atoms with Crippen LogP contribution in [0.3, 0.4) is 0 Å². The smallest absolute Gasteiger partial charge is 0.240 e. The summed E-state index contributed by atoms with van der Waals surface area (Å²) in [6.07, 6.45) is 3.04. The molecule has 0 bridgehead atoms. The van der Waals surface area contributed by atoms with Crippen LogP contribution in [-0.2, 0) is 4.79 Å². The van der Waals surface area contributed by atoms with Gasteiger partial charge < -0.3 is 10.4 Å². The third-order valence-corrected chi connectivity index (χ3v) is 5.75. The molecule has 29 heavy (non-hydrogen) atoms. The second-order valence-electron chi connectivity index (χ2n) is 7.21. The summed E-state index contributed by atoms with van der Waals surface area (Å²) in [7, 11) is 0. The number of aryl methyl sites for hydroxylation is 1. The van der Waals surface area contributed by atoms with Gasteiger partial charge in [-0.05, 0) is 36.6 Å². The summed E-state index contributed by atoms with van der Waals surface area (Å²) in [5.74, 6) is 0.229. The predicted molar refractivity (Wildman–Crippen MR) is 118 cm³/mol. The first-order valence-corrected chi connectivity index (χ1v) is 10.5. The number of hydrogen-bond donors (Lipinski definition) is 2. The quantitative estimate of drug-likeness (QED) is 0.653. The van der Waals surface area contributed by atoms with Gasteiger partial charge in [-0.3, -0.25) is 9.69 Å². The average Bonchev–Trinajstić information content (AvgIpc) is 3.18. The van der Waals surface area contributed by atoms with E-state index in [9.17, 15) is 9.90 Å². The number of carbonyl (C=O) groups excluding carboxylic acids is 1. The van der Waals surface area contributed by atoms with E-state index in [0.29, 0.717) is 11.7 Å². The minimum atomic E-state index is -0.0451. The van der Waals surface area contributed by atoms with Crippen LogP contribution in [-0.4, -0.2) is 40.5 Å². The van der Waals surface area contributed by atoms with Crippen LogP contribution in [0.5, 0.6) is 5.75 Å². The molecule has 2 aromatic carbocycles. The molecule has 1 amide bonds. The summed E-state index contributed by atoms with van der Waals surface area (Å²) in [5, 5.41) is 14.9. The molecule has 0 radical (unpaired) electrons. The van der Waals surface area contributed by atoms with Crippen LogP contribution in [0.2, 0.25) is 0 Å². The molecule has 2 heterocycles. The number of carbonyl (C=O) groups is 1. The van der Waals surface area contributed by atoms with Crippen molar-refractivity contribution >= 4 is 27.9 Å². The third-order valence-electron chi connectivity index (χ3n) is 5.00. The molecular weight excluding hydrogens is 382 g/mol. The minimum Gasteiger partial charge on any atom is -0.508 e. The lowest BCUT2D eigenvalue weighted by molar-refractivity contribution is -0.117. The monoisotopic (exact) mass is 405 g/mol. The molecule has 6 heteroatoms. The Balaban J connectivity index is 1.31. The van der Waals surface area contributed by atoms with Crippen molar-refractivity contribution in [2.45, 2.75) is 13.3 Å². The molecule has 0 saturated carbocycles. The number of aromatic hydroxyl groups is 1. The van der Waals surface area contributed by atoms with Crippen LogP contribution in [0.15, 0.2) is 60.0 Å². The van der Waals surface area contributed by atoms with E-state index in [4.69, 9.17) is 0 Å². The lowest BCUT2D eigenvalue weighted by atomic mass is 9.99. The van der Waals surface area contributed by atoms with Gasteiger partial charge in [0.15, 0.2) is 5.13 Å². The number of rotatable bonds is 5. The van der Waals surface area contributed by atoms with Crippen LogP contribution in [0.4, 0.5) is 5.13 Å². The standard InChI is InChI=1S/C23H23N3O2S/c1-16-2-4-19(5-3-16)21-15-29-23(24-21)25-22(28)14-26-12-10-18(11-13-26)17-6-8-20(27)9-7-17/h2-10,15,27H,11-14H2,1H3,(H,24,25,28). The highest BCUT2D eigenvalue weighted by atomic mass is 32.1. The normalized spacial score (nSPS) is 14.4. The first kappa shape index (κ1) is 19.4. The number of aromatic nitrogens is 1. The summed E-state index contributed by atoms with van der Waals surface area (Å²) in [4.78, 5) is 19.1. The number of anilines is 1. The van der Waals surface area contributed by atoms with Crippen molar-refractivity contribution in [3.8, 4) is 17.0 Å². The Kier molecular flexibility index (Phi) is 5.74. The van der Waals surface area contributed by atoms with Gasteiger partial charge in [0.05, 0.1) is 12.2 Å². The highest BCUT2D eigenvalue weighted by Gasteiger charge is 2.17. The molecule has 0 unspecified atom stereocenters. The van der Waals surface area contributed by atoms with Crippen LogP contribution in [0.1, 0.15) is 17.5 Å². The van der Waals surface area contributed by atoms with E-state index in [1.165, 1.54) is 22.5 Å². The van der Waals surface area contributed by atoms with Gasteiger partial charge in [0, 0.05) is 24.0 Å². The first-order valence-electron chi connectivity index (χ1n) is 9.60. The Labute approximate surface area is 174 Å². The zero-order valence-corrected chi connectivity index (χ0v) is 17.1. The van der Waals surface area contributed by atoms with Gasteiger partial charge in [0.2, 0.25) is 5.91 Å². The Morgan fingerprint density at radius 1 is 1.14 bits per heavy atom. The molecule has 1 aliphatic heterocycles. The maximum atomic E-state index is 12.4. The van der Waals surface area contributed by atoms with Crippen molar-refractivity contribution in [3.05, 3.63) is 71.1 Å². The summed E-state index contributed by atoms with van der Waals surface area (Å²) >= 11 is 1.44. The van der Waals surface area contributed by atoms with E-state index >= 15 is 0 Å². The zero-order valence-electron chi connectivity index (χ0n) is 16.3. The third kappa shape index (κ3) is 4.91. The Bertz CT molecular complexity index is 1020. The molecule has 0 saturated heterocycles. The summed E-state index contributed by atoms with van der Waals surface area (Å²) in [6.45, 7) is 3.96. The van der Waals surface area contributed by atoms with Crippen molar-refractivity contribution in [2.75, 3.05) is 25.0 Å². The SMILES string of the molecule is Cc1ccc(-c2csc(NC(=O)CN3CC=C(c4ccc(O)cc4)CC3)n2)cc1. The molecular formula is C23H23N3O2S. The van der Waals surface area contributed by atoms with Crippen molar-refractivity contribution in [3.63, 3.8) is 0 Å².